The van der Waals surface area contributed by atoms with Gasteiger partial charge in [0.15, 0.2) is 5.60 Å². The van der Waals surface area contributed by atoms with Gasteiger partial charge in [0, 0.05) is 42.3 Å². The van der Waals surface area contributed by atoms with Crippen LogP contribution in [0.15, 0.2) is 77.3 Å². The van der Waals surface area contributed by atoms with Gasteiger partial charge in [-0.25, -0.2) is 14.4 Å². The lowest BCUT2D eigenvalue weighted by molar-refractivity contribution is -0.144. The van der Waals surface area contributed by atoms with E-state index < -0.39 is 40.9 Å². The van der Waals surface area contributed by atoms with Gasteiger partial charge >= 0.3 is 18.1 Å². The maximum absolute atomic E-state index is 13.7. The average Bonchev–Trinajstić information content (AvgIpc) is 3.32. The summed E-state index contributed by atoms with van der Waals surface area (Å²) >= 11 is 3.19. The molecule has 6 rings (SSSR count). The van der Waals surface area contributed by atoms with Gasteiger partial charge in [0.05, 0.1) is 11.3 Å². The van der Waals surface area contributed by atoms with Gasteiger partial charge < -0.3 is 24.4 Å². The standard InChI is InChI=1S/C34H28BrN3O10/c1-17(11-12-33(15-18(2)35)29(42)36-31(44)37-30(33)43)16-46-32(45)38(3)24-6-4-5-23-27(24)28(41)48-34(23)21-9-7-19(39)13-25(21)47-26-14-20(40)8-10-22(26)34/h4-11,13-14,39-40H,2,12,15-16H2,1,3H3,(H2,36,37,42,43,44). The number of nitrogens with one attached hydrogen (secondary N) is 2. The first-order valence-corrected chi connectivity index (χ1v) is 15.3. The molecule has 3 heterocycles. The molecular weight excluding hydrogens is 690 g/mol. The maximum Gasteiger partial charge on any atom is 0.414 e. The summed E-state index contributed by atoms with van der Waals surface area (Å²) in [5, 5.41) is 24.6. The molecule has 0 bridgehead atoms. The molecule has 0 aliphatic carbocycles. The molecule has 1 spiro atoms. The molecule has 48 heavy (non-hydrogen) atoms. The number of nitrogens with zero attached hydrogens (tertiary/aromatic N) is 1. The van der Waals surface area contributed by atoms with E-state index in [4.69, 9.17) is 14.2 Å². The van der Waals surface area contributed by atoms with Gasteiger partial charge in [-0.1, -0.05) is 40.7 Å². The summed E-state index contributed by atoms with van der Waals surface area (Å²) in [6, 6.07) is 12.8. The molecular formula is C34H28BrN3O10. The molecule has 1 fully saturated rings. The van der Waals surface area contributed by atoms with E-state index in [9.17, 15) is 34.2 Å². The van der Waals surface area contributed by atoms with Gasteiger partial charge in [-0.3, -0.25) is 25.1 Å². The first-order valence-electron chi connectivity index (χ1n) is 14.5. The number of fused-ring (bicyclic) bond motifs is 6. The van der Waals surface area contributed by atoms with E-state index in [1.807, 2.05) is 0 Å². The first kappa shape index (κ1) is 32.3. The highest BCUT2D eigenvalue weighted by molar-refractivity contribution is 9.11. The highest BCUT2D eigenvalue weighted by Gasteiger charge is 2.55. The predicted octanol–water partition coefficient (Wildman–Crippen LogP) is 5.23. The Labute approximate surface area is 281 Å². The van der Waals surface area contributed by atoms with Gasteiger partial charge in [-0.15, -0.1) is 0 Å². The van der Waals surface area contributed by atoms with Gasteiger partial charge in [-0.2, -0.15) is 0 Å². The Bertz CT molecular complexity index is 1920. The first-order chi connectivity index (χ1) is 22.8. The van der Waals surface area contributed by atoms with E-state index >= 15 is 0 Å². The minimum atomic E-state index is -1.64. The highest BCUT2D eigenvalue weighted by Crippen LogP contribution is 2.58. The summed E-state index contributed by atoms with van der Waals surface area (Å²) in [6.45, 7) is 5.15. The topological polar surface area (TPSA) is 181 Å². The number of carbonyl (C=O) groups excluding carboxylic acids is 5. The number of halogens is 1. The van der Waals surface area contributed by atoms with Crippen molar-refractivity contribution in [3.8, 4) is 23.0 Å². The Morgan fingerprint density at radius 2 is 1.58 bits per heavy atom. The predicted molar refractivity (Wildman–Crippen MR) is 173 cm³/mol. The van der Waals surface area contributed by atoms with Crippen molar-refractivity contribution >= 4 is 51.5 Å². The fraction of sp³-hybridized carbons (Fsp3) is 0.206. The number of rotatable bonds is 7. The lowest BCUT2D eigenvalue weighted by Gasteiger charge is -2.36. The van der Waals surface area contributed by atoms with E-state index in [0.29, 0.717) is 26.7 Å². The number of hydrogen-bond donors (Lipinski definition) is 4. The van der Waals surface area contributed by atoms with Crippen LogP contribution < -0.4 is 20.3 Å². The van der Waals surface area contributed by atoms with Crippen molar-refractivity contribution in [2.24, 2.45) is 5.41 Å². The Hall–Kier alpha value is -5.63. The zero-order chi connectivity index (χ0) is 34.5. The van der Waals surface area contributed by atoms with Crippen LogP contribution in [0.25, 0.3) is 0 Å². The number of esters is 1. The van der Waals surface area contributed by atoms with Crippen molar-refractivity contribution in [1.82, 2.24) is 10.6 Å². The summed E-state index contributed by atoms with van der Waals surface area (Å²) < 4.78 is 18.0. The van der Waals surface area contributed by atoms with E-state index in [1.54, 1.807) is 43.3 Å². The number of phenolic OH excluding ortho intramolecular Hbond substituents is 2. The molecule has 0 saturated carbocycles. The number of hydrogen-bond acceptors (Lipinski definition) is 10. The van der Waals surface area contributed by atoms with Crippen LogP contribution in [-0.2, 0) is 24.7 Å². The summed E-state index contributed by atoms with van der Waals surface area (Å²) in [6.07, 6.45) is 0.568. The van der Waals surface area contributed by atoms with Crippen LogP contribution in [0.4, 0.5) is 15.3 Å². The number of aromatic hydroxyl groups is 2. The molecule has 0 radical (unpaired) electrons. The van der Waals surface area contributed by atoms with Crippen molar-refractivity contribution in [1.29, 1.82) is 0 Å². The fourth-order valence-electron chi connectivity index (χ4n) is 6.11. The zero-order valence-corrected chi connectivity index (χ0v) is 27.2. The zero-order valence-electron chi connectivity index (χ0n) is 25.6. The number of urea groups is 1. The third-order valence-electron chi connectivity index (χ3n) is 8.46. The molecule has 3 aromatic rings. The molecule has 4 N–H and O–H groups in total. The second-order valence-electron chi connectivity index (χ2n) is 11.6. The van der Waals surface area contributed by atoms with Crippen molar-refractivity contribution in [3.05, 3.63) is 99.6 Å². The smallest absolute Gasteiger partial charge is 0.414 e. The van der Waals surface area contributed by atoms with Crippen LogP contribution >= 0.6 is 15.9 Å². The number of ether oxygens (including phenoxy) is 3. The highest BCUT2D eigenvalue weighted by atomic mass is 79.9. The van der Waals surface area contributed by atoms with Crippen LogP contribution in [0.3, 0.4) is 0 Å². The van der Waals surface area contributed by atoms with Crippen LogP contribution in [0, 0.1) is 5.41 Å². The molecule has 0 atom stereocenters. The number of carbonyl (C=O) groups is 5. The molecule has 5 amide bonds. The molecule has 0 aromatic heterocycles. The minimum Gasteiger partial charge on any atom is -0.508 e. The summed E-state index contributed by atoms with van der Waals surface area (Å²) in [7, 11) is 1.43. The number of barbiturate groups is 1. The molecule has 14 heteroatoms. The summed E-state index contributed by atoms with van der Waals surface area (Å²) in [4.78, 5) is 65.3. The summed E-state index contributed by atoms with van der Waals surface area (Å²) in [5.41, 5.74) is -1.09. The minimum absolute atomic E-state index is 0.0790. The second kappa shape index (κ2) is 11.9. The van der Waals surface area contributed by atoms with Gasteiger partial charge in [-0.05, 0) is 53.7 Å². The molecule has 13 nitrogen and oxygen atoms in total. The van der Waals surface area contributed by atoms with E-state index in [0.717, 1.165) is 4.90 Å². The number of allylic oxidation sites excluding steroid dienone is 2. The summed E-state index contributed by atoms with van der Waals surface area (Å²) in [5.74, 6) is -2.01. The number of phenols is 2. The quantitative estimate of drug-likeness (QED) is 0.144. The van der Waals surface area contributed by atoms with E-state index in [1.165, 1.54) is 31.3 Å². The lowest BCUT2D eigenvalue weighted by atomic mass is 9.77. The van der Waals surface area contributed by atoms with E-state index in [-0.39, 0.29) is 53.7 Å². The molecule has 246 valence electrons. The lowest BCUT2D eigenvalue weighted by Crippen LogP contribution is -2.62. The fourth-order valence-corrected chi connectivity index (χ4v) is 6.59. The number of anilines is 1. The Kier molecular flexibility index (Phi) is 7.99. The van der Waals surface area contributed by atoms with E-state index in [2.05, 4.69) is 33.1 Å². The number of benzene rings is 3. The van der Waals surface area contributed by atoms with Crippen LogP contribution in [0.2, 0.25) is 0 Å². The second-order valence-corrected chi connectivity index (χ2v) is 12.7. The number of amides is 5. The molecule has 0 unspecified atom stereocenters. The normalized spacial score (nSPS) is 16.9. The number of imide groups is 2. The van der Waals surface area contributed by atoms with Crippen LogP contribution in [0.1, 0.15) is 46.8 Å². The van der Waals surface area contributed by atoms with Crippen molar-refractivity contribution in [2.75, 3.05) is 18.6 Å². The van der Waals surface area contributed by atoms with Gasteiger partial charge in [0.25, 0.3) is 0 Å². The maximum atomic E-state index is 13.7. The Balaban J connectivity index is 1.27. The van der Waals surface area contributed by atoms with Crippen molar-refractivity contribution in [2.45, 2.75) is 25.4 Å². The van der Waals surface area contributed by atoms with Gasteiger partial charge in [0.2, 0.25) is 11.8 Å². The molecule has 1 saturated heterocycles. The van der Waals surface area contributed by atoms with Crippen molar-refractivity contribution in [3.63, 3.8) is 0 Å². The van der Waals surface area contributed by atoms with Gasteiger partial charge in [0.1, 0.15) is 35.0 Å². The Morgan fingerprint density at radius 3 is 2.17 bits per heavy atom. The van der Waals surface area contributed by atoms with Crippen LogP contribution in [0.5, 0.6) is 23.0 Å². The molecule has 3 aromatic carbocycles. The third kappa shape index (κ3) is 5.23. The Morgan fingerprint density at radius 1 is 0.979 bits per heavy atom. The SMILES string of the molecule is C=C(Br)CC1(CC=C(C)COC(=O)N(C)c2cccc3c2C(=O)OC32c3ccc(O)cc3Oc3cc(O)ccc32)C(=O)NC(=O)NC1=O. The molecule has 3 aliphatic heterocycles. The largest absolute Gasteiger partial charge is 0.508 e. The van der Waals surface area contributed by atoms with Crippen LogP contribution in [-0.4, -0.2) is 53.8 Å². The monoisotopic (exact) mass is 717 g/mol. The van der Waals surface area contributed by atoms with Crippen molar-refractivity contribution < 1.29 is 48.4 Å². The average molecular weight is 719 g/mol. The molecule has 3 aliphatic rings. The third-order valence-corrected chi connectivity index (χ3v) is 8.74.